The number of ether oxygens (including phenoxy) is 1. The summed E-state index contributed by atoms with van der Waals surface area (Å²) in [6, 6.07) is 12.9. The van der Waals surface area contributed by atoms with Crippen LogP contribution in [-0.2, 0) is 0 Å². The lowest BCUT2D eigenvalue weighted by atomic mass is 10.2. The second-order valence-electron chi connectivity index (χ2n) is 4.26. The fourth-order valence-electron chi connectivity index (χ4n) is 1.78. The van der Waals surface area contributed by atoms with Crippen LogP contribution in [0.15, 0.2) is 48.5 Å². The van der Waals surface area contributed by atoms with E-state index in [0.29, 0.717) is 22.7 Å². The van der Waals surface area contributed by atoms with Crippen molar-refractivity contribution in [2.24, 2.45) is 5.73 Å². The van der Waals surface area contributed by atoms with Crippen molar-refractivity contribution in [2.45, 2.75) is 0 Å². The van der Waals surface area contributed by atoms with Crippen molar-refractivity contribution in [2.75, 3.05) is 17.7 Å². The van der Waals surface area contributed by atoms with E-state index in [-0.39, 0.29) is 5.91 Å². The molecule has 0 aromatic heterocycles. The number of primary amides is 1. The van der Waals surface area contributed by atoms with Crippen molar-refractivity contribution in [3.63, 3.8) is 0 Å². The first-order valence-electron chi connectivity index (χ1n) is 6.20. The van der Waals surface area contributed by atoms with E-state index in [9.17, 15) is 9.59 Å². The van der Waals surface area contributed by atoms with Gasteiger partial charge in [-0.3, -0.25) is 4.79 Å². The SMILES string of the molecule is COc1cccc(C(=O)Nc2cccc(NC(N)=O)c2)c1. The first-order valence-corrected chi connectivity index (χ1v) is 6.20. The molecule has 108 valence electrons. The summed E-state index contributed by atoms with van der Waals surface area (Å²) in [7, 11) is 1.54. The number of nitrogens with one attached hydrogen (secondary N) is 2. The van der Waals surface area contributed by atoms with Crippen LogP contribution in [-0.4, -0.2) is 19.0 Å². The minimum Gasteiger partial charge on any atom is -0.497 e. The van der Waals surface area contributed by atoms with Gasteiger partial charge in [0.1, 0.15) is 5.75 Å². The summed E-state index contributed by atoms with van der Waals surface area (Å²) >= 11 is 0. The molecular weight excluding hydrogens is 270 g/mol. The Bertz CT molecular complexity index is 671. The fourth-order valence-corrected chi connectivity index (χ4v) is 1.78. The third kappa shape index (κ3) is 3.97. The number of hydrogen-bond donors (Lipinski definition) is 3. The molecule has 0 heterocycles. The van der Waals surface area contributed by atoms with Gasteiger partial charge in [0.2, 0.25) is 0 Å². The zero-order valence-electron chi connectivity index (χ0n) is 11.4. The molecule has 3 amide bonds. The van der Waals surface area contributed by atoms with Crippen molar-refractivity contribution in [1.29, 1.82) is 0 Å². The Labute approximate surface area is 121 Å². The molecule has 0 spiro atoms. The standard InChI is InChI=1S/C15H15N3O3/c1-21-13-7-2-4-10(8-13)14(19)17-11-5-3-6-12(9-11)18-15(16)20/h2-9H,1H3,(H,17,19)(H3,16,18,20). The molecule has 0 aliphatic rings. The first kappa shape index (κ1) is 14.4. The lowest BCUT2D eigenvalue weighted by Gasteiger charge is -2.08. The lowest BCUT2D eigenvalue weighted by molar-refractivity contribution is 0.102. The van der Waals surface area contributed by atoms with Crippen molar-refractivity contribution >= 4 is 23.3 Å². The van der Waals surface area contributed by atoms with Crippen molar-refractivity contribution in [3.8, 4) is 5.75 Å². The van der Waals surface area contributed by atoms with Crippen LogP contribution < -0.4 is 21.1 Å². The number of methoxy groups -OCH3 is 1. The minimum absolute atomic E-state index is 0.273. The maximum absolute atomic E-state index is 12.1. The Morgan fingerprint density at radius 1 is 1.00 bits per heavy atom. The molecule has 0 bridgehead atoms. The molecule has 21 heavy (non-hydrogen) atoms. The van der Waals surface area contributed by atoms with Crippen LogP contribution in [0, 0.1) is 0 Å². The molecule has 0 unspecified atom stereocenters. The van der Waals surface area contributed by atoms with E-state index in [1.54, 1.807) is 48.5 Å². The van der Waals surface area contributed by atoms with Gasteiger partial charge in [-0.2, -0.15) is 0 Å². The molecule has 2 aromatic rings. The van der Waals surface area contributed by atoms with Crippen molar-refractivity contribution in [1.82, 2.24) is 0 Å². The maximum Gasteiger partial charge on any atom is 0.316 e. The van der Waals surface area contributed by atoms with Crippen LogP contribution >= 0.6 is 0 Å². The van der Waals surface area contributed by atoms with Gasteiger partial charge in [0.15, 0.2) is 0 Å². The van der Waals surface area contributed by atoms with Crippen LogP contribution in [0.3, 0.4) is 0 Å². The third-order valence-electron chi connectivity index (χ3n) is 2.72. The Morgan fingerprint density at radius 3 is 2.33 bits per heavy atom. The Morgan fingerprint density at radius 2 is 1.67 bits per heavy atom. The number of anilines is 2. The topological polar surface area (TPSA) is 93.4 Å². The predicted octanol–water partition coefficient (Wildman–Crippen LogP) is 2.44. The normalized spacial score (nSPS) is 9.76. The van der Waals surface area contributed by atoms with E-state index in [2.05, 4.69) is 10.6 Å². The largest absolute Gasteiger partial charge is 0.497 e. The maximum atomic E-state index is 12.1. The summed E-state index contributed by atoms with van der Waals surface area (Å²) in [4.78, 5) is 22.9. The van der Waals surface area contributed by atoms with Crippen molar-refractivity contribution in [3.05, 3.63) is 54.1 Å². The zero-order chi connectivity index (χ0) is 15.2. The van der Waals surface area contributed by atoms with E-state index in [4.69, 9.17) is 10.5 Å². The zero-order valence-corrected chi connectivity index (χ0v) is 11.4. The summed E-state index contributed by atoms with van der Waals surface area (Å²) in [5, 5.41) is 5.18. The molecule has 0 saturated carbocycles. The number of carbonyl (C=O) groups is 2. The smallest absolute Gasteiger partial charge is 0.316 e. The van der Waals surface area contributed by atoms with Crippen LogP contribution in [0.2, 0.25) is 0 Å². The molecule has 0 fully saturated rings. The quantitative estimate of drug-likeness (QED) is 0.805. The van der Waals surface area contributed by atoms with Gasteiger partial charge in [-0.05, 0) is 36.4 Å². The van der Waals surface area contributed by atoms with Gasteiger partial charge in [-0.25, -0.2) is 4.79 Å². The van der Waals surface area contributed by atoms with E-state index >= 15 is 0 Å². The van der Waals surface area contributed by atoms with Gasteiger partial charge in [0.25, 0.3) is 5.91 Å². The average Bonchev–Trinajstić information content (AvgIpc) is 2.47. The van der Waals surface area contributed by atoms with Crippen molar-refractivity contribution < 1.29 is 14.3 Å². The van der Waals surface area contributed by atoms with Gasteiger partial charge in [0, 0.05) is 16.9 Å². The summed E-state index contributed by atoms with van der Waals surface area (Å²) in [5.74, 6) is 0.330. The number of hydrogen-bond acceptors (Lipinski definition) is 3. The summed E-state index contributed by atoms with van der Waals surface area (Å²) in [6.45, 7) is 0. The highest BCUT2D eigenvalue weighted by molar-refractivity contribution is 6.04. The lowest BCUT2D eigenvalue weighted by Crippen LogP contribution is -2.19. The van der Waals surface area contributed by atoms with Gasteiger partial charge in [0.05, 0.1) is 7.11 Å². The average molecular weight is 285 g/mol. The van der Waals surface area contributed by atoms with Gasteiger partial charge >= 0.3 is 6.03 Å². The molecule has 0 aliphatic heterocycles. The number of amides is 3. The third-order valence-corrected chi connectivity index (χ3v) is 2.72. The Balaban J connectivity index is 2.13. The molecule has 0 saturated heterocycles. The summed E-state index contributed by atoms with van der Waals surface area (Å²) < 4.78 is 5.08. The van der Waals surface area contributed by atoms with E-state index in [1.165, 1.54) is 7.11 Å². The van der Waals surface area contributed by atoms with E-state index in [1.807, 2.05) is 0 Å². The molecule has 2 aromatic carbocycles. The molecule has 4 N–H and O–H groups in total. The van der Waals surface area contributed by atoms with Gasteiger partial charge < -0.3 is 21.1 Å². The molecule has 2 rings (SSSR count). The monoisotopic (exact) mass is 285 g/mol. The second kappa shape index (κ2) is 6.42. The Hall–Kier alpha value is -3.02. The summed E-state index contributed by atoms with van der Waals surface area (Å²) in [6.07, 6.45) is 0. The van der Waals surface area contributed by atoms with Crippen LogP contribution in [0.4, 0.5) is 16.2 Å². The molecule has 6 nitrogen and oxygen atoms in total. The first-order chi connectivity index (χ1) is 10.1. The number of rotatable bonds is 4. The molecule has 0 atom stereocenters. The second-order valence-corrected chi connectivity index (χ2v) is 4.26. The number of urea groups is 1. The fraction of sp³-hybridized carbons (Fsp3) is 0.0667. The number of carbonyl (C=O) groups excluding carboxylic acids is 2. The molecule has 6 heteroatoms. The highest BCUT2D eigenvalue weighted by Gasteiger charge is 2.07. The Kier molecular flexibility index (Phi) is 4.40. The van der Waals surface area contributed by atoms with E-state index < -0.39 is 6.03 Å². The van der Waals surface area contributed by atoms with Gasteiger partial charge in [-0.1, -0.05) is 12.1 Å². The van der Waals surface area contributed by atoms with Crippen LogP contribution in [0.5, 0.6) is 5.75 Å². The predicted molar refractivity (Wildman–Crippen MR) is 80.6 cm³/mol. The summed E-state index contributed by atoms with van der Waals surface area (Å²) in [5.41, 5.74) is 6.58. The highest BCUT2D eigenvalue weighted by Crippen LogP contribution is 2.17. The molecule has 0 radical (unpaired) electrons. The van der Waals surface area contributed by atoms with E-state index in [0.717, 1.165) is 0 Å². The van der Waals surface area contributed by atoms with Crippen LogP contribution in [0.1, 0.15) is 10.4 Å². The number of nitrogens with two attached hydrogens (primary N) is 1. The number of benzene rings is 2. The van der Waals surface area contributed by atoms with Gasteiger partial charge in [-0.15, -0.1) is 0 Å². The minimum atomic E-state index is -0.661. The van der Waals surface area contributed by atoms with Crippen LogP contribution in [0.25, 0.3) is 0 Å². The molecule has 0 aliphatic carbocycles. The molecular formula is C15H15N3O3. The highest BCUT2D eigenvalue weighted by atomic mass is 16.5.